The first-order chi connectivity index (χ1) is 7.22. The molecule has 1 amide bonds. The lowest BCUT2D eigenvalue weighted by molar-refractivity contribution is -0.121. The monoisotopic (exact) mass is 215 g/mol. The second kappa shape index (κ2) is 6.76. The number of hydrogen-bond donors (Lipinski definition) is 2. The normalized spacial score (nSPS) is 21.7. The van der Waals surface area contributed by atoms with Crippen LogP contribution in [0.1, 0.15) is 19.3 Å². The van der Waals surface area contributed by atoms with Crippen molar-refractivity contribution in [2.24, 2.45) is 11.8 Å². The number of carbonyl (C=O) groups is 1. The molecule has 1 fully saturated rings. The van der Waals surface area contributed by atoms with Gasteiger partial charge in [0.1, 0.15) is 0 Å². The van der Waals surface area contributed by atoms with Crippen molar-refractivity contribution in [1.82, 2.24) is 10.3 Å². The molecule has 1 heterocycles. The highest BCUT2D eigenvalue weighted by Crippen LogP contribution is 2.14. The fourth-order valence-electron chi connectivity index (χ4n) is 1.85. The first-order valence-corrected chi connectivity index (χ1v) is 5.48. The molecule has 15 heavy (non-hydrogen) atoms. The lowest BCUT2D eigenvalue weighted by atomic mass is 10.0. The third-order valence-electron chi connectivity index (χ3n) is 2.71. The van der Waals surface area contributed by atoms with Gasteiger partial charge in [0.05, 0.1) is 6.61 Å². The maximum absolute atomic E-state index is 10.9. The summed E-state index contributed by atoms with van der Waals surface area (Å²) in [5, 5.41) is 0. The van der Waals surface area contributed by atoms with E-state index in [1.54, 1.807) is 0 Å². The Balaban J connectivity index is 2.11. The van der Waals surface area contributed by atoms with Gasteiger partial charge in [-0.1, -0.05) is 0 Å². The maximum atomic E-state index is 10.9. The molecule has 1 aliphatic rings. The molecular formula is C10H21N3O2. The van der Waals surface area contributed by atoms with Gasteiger partial charge >= 0.3 is 0 Å². The van der Waals surface area contributed by atoms with Crippen LogP contribution in [0.4, 0.5) is 0 Å². The van der Waals surface area contributed by atoms with E-state index in [0.29, 0.717) is 12.3 Å². The first kappa shape index (κ1) is 12.4. The smallest absolute Gasteiger partial charge is 0.235 e. The second-order valence-corrected chi connectivity index (χ2v) is 4.16. The highest BCUT2D eigenvalue weighted by Gasteiger charge is 2.15. The Labute approximate surface area is 90.9 Å². The molecule has 0 radical (unpaired) electrons. The average molecular weight is 215 g/mol. The van der Waals surface area contributed by atoms with Crippen LogP contribution in [-0.4, -0.2) is 44.2 Å². The molecule has 0 aromatic heterocycles. The van der Waals surface area contributed by atoms with Crippen molar-refractivity contribution in [2.45, 2.75) is 19.3 Å². The maximum Gasteiger partial charge on any atom is 0.235 e. The molecule has 1 saturated heterocycles. The SMILES string of the molecule is CN(CCC(=O)NN)CC1CCCOC1. The molecule has 5 heteroatoms. The van der Waals surface area contributed by atoms with Gasteiger partial charge in [0.2, 0.25) is 5.91 Å². The Bertz CT molecular complexity index is 193. The van der Waals surface area contributed by atoms with Gasteiger partial charge in [-0.2, -0.15) is 0 Å². The molecule has 0 aromatic carbocycles. The van der Waals surface area contributed by atoms with Crippen LogP contribution in [0.3, 0.4) is 0 Å². The summed E-state index contributed by atoms with van der Waals surface area (Å²) in [7, 11) is 2.03. The van der Waals surface area contributed by atoms with Crippen LogP contribution in [0.25, 0.3) is 0 Å². The van der Waals surface area contributed by atoms with Crippen molar-refractivity contribution >= 4 is 5.91 Å². The number of nitrogens with two attached hydrogens (primary N) is 1. The summed E-state index contributed by atoms with van der Waals surface area (Å²) in [4.78, 5) is 13.1. The lowest BCUT2D eigenvalue weighted by Gasteiger charge is -2.26. The number of rotatable bonds is 5. The topological polar surface area (TPSA) is 67.6 Å². The zero-order valence-corrected chi connectivity index (χ0v) is 9.37. The summed E-state index contributed by atoms with van der Waals surface area (Å²) in [5.41, 5.74) is 2.13. The predicted octanol–water partition coefficient (Wildman–Crippen LogP) is -0.275. The molecule has 1 rings (SSSR count). The minimum atomic E-state index is -0.109. The Morgan fingerprint density at radius 1 is 1.67 bits per heavy atom. The lowest BCUT2D eigenvalue weighted by Crippen LogP contribution is -2.36. The predicted molar refractivity (Wildman–Crippen MR) is 58.0 cm³/mol. The van der Waals surface area contributed by atoms with Crippen LogP contribution in [0.15, 0.2) is 0 Å². The summed E-state index contributed by atoms with van der Waals surface area (Å²) >= 11 is 0. The van der Waals surface area contributed by atoms with E-state index in [-0.39, 0.29) is 5.91 Å². The molecule has 0 aliphatic carbocycles. The highest BCUT2D eigenvalue weighted by molar-refractivity contribution is 5.75. The standard InChI is InChI=1S/C10H21N3O2/c1-13(5-4-10(14)12-11)7-9-3-2-6-15-8-9/h9H,2-8,11H2,1H3,(H,12,14). The molecule has 1 atom stereocenters. The Kier molecular flexibility index (Phi) is 5.60. The quantitative estimate of drug-likeness (QED) is 0.376. The van der Waals surface area contributed by atoms with E-state index in [0.717, 1.165) is 32.7 Å². The number of amides is 1. The highest BCUT2D eigenvalue weighted by atomic mass is 16.5. The van der Waals surface area contributed by atoms with Crippen LogP contribution in [0.2, 0.25) is 0 Å². The molecule has 0 aromatic rings. The van der Waals surface area contributed by atoms with Crippen LogP contribution < -0.4 is 11.3 Å². The molecule has 3 N–H and O–H groups in total. The molecule has 1 unspecified atom stereocenters. The molecule has 0 bridgehead atoms. The van der Waals surface area contributed by atoms with Crippen molar-refractivity contribution in [2.75, 3.05) is 33.4 Å². The minimum absolute atomic E-state index is 0.109. The molecule has 1 aliphatic heterocycles. The van der Waals surface area contributed by atoms with Crippen LogP contribution in [0.5, 0.6) is 0 Å². The number of carbonyl (C=O) groups excluding carboxylic acids is 1. The second-order valence-electron chi connectivity index (χ2n) is 4.16. The number of nitrogens with zero attached hydrogens (tertiary/aromatic N) is 1. The average Bonchev–Trinajstić information content (AvgIpc) is 2.27. The van der Waals surface area contributed by atoms with Gasteiger partial charge in [-0.05, 0) is 25.8 Å². The molecule has 88 valence electrons. The molecular weight excluding hydrogens is 194 g/mol. The fourth-order valence-corrected chi connectivity index (χ4v) is 1.85. The third kappa shape index (κ3) is 5.11. The van der Waals surface area contributed by atoms with E-state index in [9.17, 15) is 4.79 Å². The van der Waals surface area contributed by atoms with Crippen LogP contribution in [0, 0.1) is 5.92 Å². The number of nitrogens with one attached hydrogen (secondary N) is 1. The van der Waals surface area contributed by atoms with Crippen molar-refractivity contribution < 1.29 is 9.53 Å². The van der Waals surface area contributed by atoms with Crippen molar-refractivity contribution in [3.63, 3.8) is 0 Å². The van der Waals surface area contributed by atoms with Crippen molar-refractivity contribution in [1.29, 1.82) is 0 Å². The third-order valence-corrected chi connectivity index (χ3v) is 2.71. The summed E-state index contributed by atoms with van der Waals surface area (Å²) in [5.74, 6) is 5.51. The largest absolute Gasteiger partial charge is 0.381 e. The summed E-state index contributed by atoms with van der Waals surface area (Å²) in [6.07, 6.45) is 2.84. The van der Waals surface area contributed by atoms with Crippen molar-refractivity contribution in [3.8, 4) is 0 Å². The van der Waals surface area contributed by atoms with E-state index in [2.05, 4.69) is 10.3 Å². The first-order valence-electron chi connectivity index (χ1n) is 5.48. The van der Waals surface area contributed by atoms with Gasteiger partial charge in [0.15, 0.2) is 0 Å². The zero-order valence-electron chi connectivity index (χ0n) is 9.37. The number of ether oxygens (including phenoxy) is 1. The summed E-state index contributed by atoms with van der Waals surface area (Å²) in [6, 6.07) is 0. The number of hydrazine groups is 1. The zero-order chi connectivity index (χ0) is 11.1. The summed E-state index contributed by atoms with van der Waals surface area (Å²) < 4.78 is 5.40. The Morgan fingerprint density at radius 3 is 3.07 bits per heavy atom. The van der Waals surface area contributed by atoms with Crippen molar-refractivity contribution in [3.05, 3.63) is 0 Å². The van der Waals surface area contributed by atoms with Gasteiger partial charge in [-0.25, -0.2) is 5.84 Å². The van der Waals surface area contributed by atoms with E-state index in [1.807, 2.05) is 7.05 Å². The minimum Gasteiger partial charge on any atom is -0.381 e. The van der Waals surface area contributed by atoms with Gasteiger partial charge in [0, 0.05) is 26.1 Å². The molecule has 0 saturated carbocycles. The van der Waals surface area contributed by atoms with Gasteiger partial charge in [-0.3, -0.25) is 10.2 Å². The molecule has 5 nitrogen and oxygen atoms in total. The van der Waals surface area contributed by atoms with Crippen LogP contribution >= 0.6 is 0 Å². The molecule has 0 spiro atoms. The van der Waals surface area contributed by atoms with Crippen LogP contribution in [-0.2, 0) is 9.53 Å². The fraction of sp³-hybridized carbons (Fsp3) is 0.900. The summed E-state index contributed by atoms with van der Waals surface area (Å²) in [6.45, 7) is 3.50. The van der Waals surface area contributed by atoms with Gasteiger partial charge < -0.3 is 9.64 Å². The van der Waals surface area contributed by atoms with E-state index < -0.39 is 0 Å². The van der Waals surface area contributed by atoms with E-state index in [4.69, 9.17) is 10.6 Å². The van der Waals surface area contributed by atoms with Gasteiger partial charge in [0.25, 0.3) is 0 Å². The Hall–Kier alpha value is -0.650. The van der Waals surface area contributed by atoms with E-state index in [1.165, 1.54) is 6.42 Å². The number of hydrogen-bond acceptors (Lipinski definition) is 4. The van der Waals surface area contributed by atoms with E-state index >= 15 is 0 Å². The van der Waals surface area contributed by atoms with Gasteiger partial charge in [-0.15, -0.1) is 0 Å². The Morgan fingerprint density at radius 2 is 2.47 bits per heavy atom.